The topological polar surface area (TPSA) is 98.0 Å². The summed E-state index contributed by atoms with van der Waals surface area (Å²) < 4.78 is 0. The molecule has 1 saturated carbocycles. The Balaban J connectivity index is 1.86. The van der Waals surface area contributed by atoms with Gasteiger partial charge in [0.1, 0.15) is 0 Å². The van der Waals surface area contributed by atoms with Gasteiger partial charge in [-0.2, -0.15) is 0 Å². The van der Waals surface area contributed by atoms with Crippen LogP contribution in [0.2, 0.25) is 0 Å². The van der Waals surface area contributed by atoms with E-state index in [9.17, 15) is 20.1 Å². The zero-order chi connectivity index (χ0) is 19.6. The molecule has 1 aliphatic carbocycles. The van der Waals surface area contributed by atoms with Crippen molar-refractivity contribution in [3.63, 3.8) is 0 Å². The van der Waals surface area contributed by atoms with Gasteiger partial charge in [-0.25, -0.2) is 0 Å². The molecular weight excluding hydrogens is 344 g/mol. The molecule has 1 aromatic carbocycles. The molecule has 1 fully saturated rings. The molecule has 0 radical (unpaired) electrons. The summed E-state index contributed by atoms with van der Waals surface area (Å²) in [7, 11) is 0. The van der Waals surface area contributed by atoms with E-state index in [1.165, 1.54) is 0 Å². The highest BCUT2D eigenvalue weighted by Gasteiger charge is 2.39. The minimum atomic E-state index is -0.794. The Bertz CT molecular complexity index is 625. The summed E-state index contributed by atoms with van der Waals surface area (Å²) in [4.78, 5) is 10.5. The van der Waals surface area contributed by atoms with E-state index in [1.807, 2.05) is 48.6 Å². The monoisotopic (exact) mass is 374 g/mol. The van der Waals surface area contributed by atoms with Gasteiger partial charge in [0.25, 0.3) is 0 Å². The highest BCUT2D eigenvalue weighted by Crippen LogP contribution is 2.36. The minimum absolute atomic E-state index is 0.101. The Morgan fingerprint density at radius 2 is 1.89 bits per heavy atom. The summed E-state index contributed by atoms with van der Waals surface area (Å²) in [6, 6.07) is 9.72. The van der Waals surface area contributed by atoms with E-state index >= 15 is 0 Å². The van der Waals surface area contributed by atoms with Crippen molar-refractivity contribution < 1.29 is 25.2 Å². The van der Waals surface area contributed by atoms with Gasteiger partial charge in [-0.3, -0.25) is 4.79 Å². The van der Waals surface area contributed by atoms with Crippen LogP contribution in [0, 0.1) is 11.8 Å². The van der Waals surface area contributed by atoms with Crippen LogP contribution in [0.25, 0.3) is 0 Å². The zero-order valence-corrected chi connectivity index (χ0v) is 15.5. The molecule has 5 nitrogen and oxygen atoms in total. The third-order valence-corrected chi connectivity index (χ3v) is 5.10. The summed E-state index contributed by atoms with van der Waals surface area (Å²) in [5.41, 5.74) is 1.04. The average molecular weight is 374 g/mol. The van der Waals surface area contributed by atoms with Crippen molar-refractivity contribution in [2.45, 2.75) is 56.8 Å². The first-order valence-corrected chi connectivity index (χ1v) is 9.60. The van der Waals surface area contributed by atoms with E-state index < -0.39 is 24.3 Å². The van der Waals surface area contributed by atoms with Crippen LogP contribution in [-0.4, -0.2) is 44.7 Å². The molecule has 0 unspecified atom stereocenters. The Morgan fingerprint density at radius 3 is 2.59 bits per heavy atom. The van der Waals surface area contributed by atoms with Crippen LogP contribution in [0.15, 0.2) is 54.6 Å². The second kappa shape index (κ2) is 11.0. The molecule has 4 N–H and O–H groups in total. The van der Waals surface area contributed by atoms with Gasteiger partial charge in [-0.15, -0.1) is 0 Å². The van der Waals surface area contributed by atoms with Crippen molar-refractivity contribution in [3.05, 3.63) is 60.2 Å². The van der Waals surface area contributed by atoms with E-state index in [2.05, 4.69) is 0 Å². The molecule has 27 heavy (non-hydrogen) atoms. The molecule has 0 aliphatic heterocycles. The Kier molecular flexibility index (Phi) is 8.72. The lowest BCUT2D eigenvalue weighted by Crippen LogP contribution is -2.20. The number of benzene rings is 1. The largest absolute Gasteiger partial charge is 0.481 e. The van der Waals surface area contributed by atoms with Gasteiger partial charge in [0.2, 0.25) is 0 Å². The molecule has 0 saturated heterocycles. The maximum Gasteiger partial charge on any atom is 0.303 e. The molecule has 0 heterocycles. The number of aliphatic hydroxyl groups is 3. The minimum Gasteiger partial charge on any atom is -0.481 e. The first-order chi connectivity index (χ1) is 13.0. The van der Waals surface area contributed by atoms with Crippen molar-refractivity contribution in [1.82, 2.24) is 0 Å². The van der Waals surface area contributed by atoms with Crippen LogP contribution in [-0.2, 0) is 11.2 Å². The summed E-state index contributed by atoms with van der Waals surface area (Å²) >= 11 is 0. The normalized spacial score (nSPS) is 26.8. The van der Waals surface area contributed by atoms with Crippen LogP contribution < -0.4 is 0 Å². The molecule has 5 atom stereocenters. The molecule has 0 aromatic heterocycles. The van der Waals surface area contributed by atoms with E-state index in [-0.39, 0.29) is 18.3 Å². The lowest BCUT2D eigenvalue weighted by Gasteiger charge is -2.19. The van der Waals surface area contributed by atoms with Crippen LogP contribution in [0.5, 0.6) is 0 Å². The molecule has 1 aliphatic rings. The van der Waals surface area contributed by atoms with Crippen LogP contribution in [0.1, 0.15) is 37.7 Å². The highest BCUT2D eigenvalue weighted by molar-refractivity contribution is 5.66. The van der Waals surface area contributed by atoms with E-state index in [4.69, 9.17) is 5.11 Å². The molecule has 0 amide bonds. The standard InChI is InChI=1S/C22H30O5/c23-17(14-16-8-4-3-5-9-16)12-13-19-18(20(24)15-21(19)25)10-6-1-2-7-11-22(26)27/h1,3-6,8-9,12-13,17-21,23-25H,2,7,10-11,14-15H2,(H,26,27)/b6-1-,13-12+/t17-,18-,19-,20+,21-/m1/s1. The first kappa shape index (κ1) is 21.4. The van der Waals surface area contributed by atoms with Crippen molar-refractivity contribution in [2.75, 3.05) is 0 Å². The zero-order valence-electron chi connectivity index (χ0n) is 15.5. The van der Waals surface area contributed by atoms with Crippen molar-refractivity contribution >= 4 is 5.97 Å². The molecule has 1 aromatic rings. The van der Waals surface area contributed by atoms with Gasteiger partial charge in [0, 0.05) is 25.2 Å². The van der Waals surface area contributed by atoms with Crippen molar-refractivity contribution in [1.29, 1.82) is 0 Å². The summed E-state index contributed by atoms with van der Waals surface area (Å²) in [6.07, 6.45) is 8.50. The summed E-state index contributed by atoms with van der Waals surface area (Å²) in [5, 5.41) is 39.3. The van der Waals surface area contributed by atoms with Gasteiger partial charge < -0.3 is 20.4 Å². The SMILES string of the molecule is O=C(O)CCC/C=C\C[C@@H]1[C@@H](/C=C/[C@@H](O)Cc2ccccc2)[C@H](O)C[C@@H]1O. The number of unbranched alkanes of at least 4 members (excludes halogenated alkanes) is 1. The smallest absolute Gasteiger partial charge is 0.303 e. The lowest BCUT2D eigenvalue weighted by atomic mass is 9.89. The average Bonchev–Trinajstić information content (AvgIpc) is 2.89. The fraction of sp³-hybridized carbons (Fsp3) is 0.500. The maximum atomic E-state index is 10.5. The quantitative estimate of drug-likeness (QED) is 0.373. The van der Waals surface area contributed by atoms with Crippen LogP contribution in [0.4, 0.5) is 0 Å². The molecule has 0 spiro atoms. The molecular formula is C22H30O5. The summed E-state index contributed by atoms with van der Waals surface area (Å²) in [5.74, 6) is -1.10. The van der Waals surface area contributed by atoms with Crippen molar-refractivity contribution in [3.8, 4) is 0 Å². The van der Waals surface area contributed by atoms with Gasteiger partial charge >= 0.3 is 5.97 Å². The third kappa shape index (κ3) is 7.29. The van der Waals surface area contributed by atoms with Gasteiger partial charge in [0.15, 0.2) is 0 Å². The number of carboxylic acid groups (broad SMARTS) is 1. The Labute approximate surface area is 160 Å². The van der Waals surface area contributed by atoms with E-state index in [0.717, 1.165) is 5.56 Å². The second-order valence-electron chi connectivity index (χ2n) is 7.25. The number of hydrogen-bond acceptors (Lipinski definition) is 4. The van der Waals surface area contributed by atoms with Gasteiger partial charge in [0.05, 0.1) is 18.3 Å². The Hall–Kier alpha value is -1.95. The number of allylic oxidation sites excluding steroid dienone is 2. The number of aliphatic carboxylic acids is 1. The van der Waals surface area contributed by atoms with Gasteiger partial charge in [-0.05, 0) is 30.7 Å². The maximum absolute atomic E-state index is 10.5. The number of carboxylic acids is 1. The number of aliphatic hydroxyl groups excluding tert-OH is 3. The predicted octanol–water partition coefficient (Wildman–Crippen LogP) is 2.71. The Morgan fingerprint density at radius 1 is 1.15 bits per heavy atom. The van der Waals surface area contributed by atoms with Crippen LogP contribution in [0.3, 0.4) is 0 Å². The molecule has 2 rings (SSSR count). The fourth-order valence-electron chi connectivity index (χ4n) is 3.63. The lowest BCUT2D eigenvalue weighted by molar-refractivity contribution is -0.137. The predicted molar refractivity (Wildman–Crippen MR) is 104 cm³/mol. The number of carbonyl (C=O) groups is 1. The van der Waals surface area contributed by atoms with E-state index in [0.29, 0.717) is 32.1 Å². The van der Waals surface area contributed by atoms with Crippen molar-refractivity contribution in [2.24, 2.45) is 11.8 Å². The fourth-order valence-corrected chi connectivity index (χ4v) is 3.63. The number of hydrogen-bond donors (Lipinski definition) is 4. The molecule has 148 valence electrons. The third-order valence-electron chi connectivity index (χ3n) is 5.10. The van der Waals surface area contributed by atoms with Crippen LogP contribution >= 0.6 is 0 Å². The highest BCUT2D eigenvalue weighted by atomic mass is 16.4. The van der Waals surface area contributed by atoms with E-state index in [1.54, 1.807) is 6.08 Å². The first-order valence-electron chi connectivity index (χ1n) is 9.60. The molecule has 0 bridgehead atoms. The second-order valence-corrected chi connectivity index (χ2v) is 7.25. The van der Waals surface area contributed by atoms with Gasteiger partial charge in [-0.1, -0.05) is 54.6 Å². The number of rotatable bonds is 10. The molecule has 5 heteroatoms. The summed E-state index contributed by atoms with van der Waals surface area (Å²) in [6.45, 7) is 0.